The fraction of sp³-hybridized carbons (Fsp3) is 0.222. The molecule has 5 nitrogen and oxygen atoms in total. The molecule has 0 aliphatic carbocycles. The van der Waals surface area contributed by atoms with E-state index in [9.17, 15) is 14.0 Å². The van der Waals surface area contributed by atoms with Crippen LogP contribution >= 0.6 is 0 Å². The molecule has 2 aromatic rings. The first-order chi connectivity index (χ1) is 11.6. The maximum atomic E-state index is 13.4. The highest BCUT2D eigenvalue weighted by molar-refractivity contribution is 6.35. The van der Waals surface area contributed by atoms with Gasteiger partial charge in [0.05, 0.1) is 7.11 Å². The molecule has 2 amide bonds. The minimum Gasteiger partial charge on any atom is -0.496 e. The van der Waals surface area contributed by atoms with Crippen molar-refractivity contribution in [2.45, 2.75) is 13.0 Å². The SMILES string of the molecule is COc1ccccc1CNC(=O)C(=O)NCCc1ccccc1F. The zero-order chi connectivity index (χ0) is 17.4. The molecular weight excluding hydrogens is 311 g/mol. The van der Waals surface area contributed by atoms with Gasteiger partial charge in [0.2, 0.25) is 0 Å². The number of nitrogens with one attached hydrogen (secondary N) is 2. The van der Waals surface area contributed by atoms with E-state index in [4.69, 9.17) is 4.74 Å². The maximum Gasteiger partial charge on any atom is 0.309 e. The van der Waals surface area contributed by atoms with Crippen molar-refractivity contribution in [3.63, 3.8) is 0 Å². The normalized spacial score (nSPS) is 10.1. The van der Waals surface area contributed by atoms with Crippen LogP contribution in [0.3, 0.4) is 0 Å². The Morgan fingerprint density at radius 2 is 1.58 bits per heavy atom. The van der Waals surface area contributed by atoms with E-state index in [0.717, 1.165) is 5.56 Å². The second-order valence-corrected chi connectivity index (χ2v) is 5.09. The zero-order valence-electron chi connectivity index (χ0n) is 13.3. The molecule has 0 unspecified atom stereocenters. The predicted octanol–water partition coefficient (Wildman–Crippen LogP) is 1.81. The molecule has 2 aromatic carbocycles. The third kappa shape index (κ3) is 4.81. The summed E-state index contributed by atoms with van der Waals surface area (Å²) in [5.41, 5.74) is 1.26. The summed E-state index contributed by atoms with van der Waals surface area (Å²) < 4.78 is 18.6. The topological polar surface area (TPSA) is 67.4 Å². The molecule has 0 bridgehead atoms. The Morgan fingerprint density at radius 3 is 2.29 bits per heavy atom. The molecule has 0 aliphatic rings. The van der Waals surface area contributed by atoms with E-state index in [1.165, 1.54) is 13.2 Å². The van der Waals surface area contributed by atoms with Gasteiger partial charge in [-0.15, -0.1) is 0 Å². The van der Waals surface area contributed by atoms with Crippen molar-refractivity contribution in [3.05, 3.63) is 65.5 Å². The number of hydrogen-bond acceptors (Lipinski definition) is 3. The van der Waals surface area contributed by atoms with E-state index in [1.807, 2.05) is 12.1 Å². The Balaban J connectivity index is 1.78. The van der Waals surface area contributed by atoms with Gasteiger partial charge in [-0.2, -0.15) is 0 Å². The summed E-state index contributed by atoms with van der Waals surface area (Å²) >= 11 is 0. The molecule has 2 rings (SSSR count). The number of methoxy groups -OCH3 is 1. The molecule has 0 radical (unpaired) electrons. The van der Waals surface area contributed by atoms with Crippen LogP contribution < -0.4 is 15.4 Å². The van der Waals surface area contributed by atoms with Crippen molar-refractivity contribution in [1.29, 1.82) is 0 Å². The lowest BCUT2D eigenvalue weighted by atomic mass is 10.1. The standard InChI is InChI=1S/C18H19FN2O3/c1-24-16-9-5-3-7-14(16)12-21-18(23)17(22)20-11-10-13-6-2-4-8-15(13)19/h2-9H,10-12H2,1H3,(H,20,22)(H,21,23). The fourth-order valence-corrected chi connectivity index (χ4v) is 2.20. The van der Waals surface area contributed by atoms with Crippen LogP contribution in [0.15, 0.2) is 48.5 Å². The number of carbonyl (C=O) groups excluding carboxylic acids is 2. The number of halogens is 1. The Hall–Kier alpha value is -2.89. The average Bonchev–Trinajstić information content (AvgIpc) is 2.61. The second-order valence-electron chi connectivity index (χ2n) is 5.09. The van der Waals surface area contributed by atoms with Crippen LogP contribution in [0.2, 0.25) is 0 Å². The fourth-order valence-electron chi connectivity index (χ4n) is 2.20. The van der Waals surface area contributed by atoms with Crippen LogP contribution in [0.25, 0.3) is 0 Å². The molecule has 0 atom stereocenters. The van der Waals surface area contributed by atoms with Gasteiger partial charge in [0.25, 0.3) is 0 Å². The highest BCUT2D eigenvalue weighted by atomic mass is 19.1. The summed E-state index contributed by atoms with van der Waals surface area (Å²) in [6.45, 7) is 0.366. The van der Waals surface area contributed by atoms with Crippen LogP contribution in [-0.2, 0) is 22.6 Å². The first-order valence-electron chi connectivity index (χ1n) is 7.53. The quantitative estimate of drug-likeness (QED) is 0.794. The minimum atomic E-state index is -0.749. The Bertz CT molecular complexity index is 719. The summed E-state index contributed by atoms with van der Waals surface area (Å²) in [4.78, 5) is 23.5. The van der Waals surface area contributed by atoms with Gasteiger partial charge in [-0.1, -0.05) is 36.4 Å². The zero-order valence-corrected chi connectivity index (χ0v) is 13.3. The summed E-state index contributed by atoms with van der Waals surface area (Å²) in [7, 11) is 1.54. The molecule has 6 heteroatoms. The van der Waals surface area contributed by atoms with Crippen molar-refractivity contribution < 1.29 is 18.7 Å². The van der Waals surface area contributed by atoms with Crippen LogP contribution in [-0.4, -0.2) is 25.5 Å². The van der Waals surface area contributed by atoms with E-state index in [-0.39, 0.29) is 18.9 Å². The van der Waals surface area contributed by atoms with E-state index in [2.05, 4.69) is 10.6 Å². The van der Waals surface area contributed by atoms with Crippen molar-refractivity contribution in [1.82, 2.24) is 10.6 Å². The first-order valence-corrected chi connectivity index (χ1v) is 7.53. The van der Waals surface area contributed by atoms with Crippen LogP contribution in [0.1, 0.15) is 11.1 Å². The van der Waals surface area contributed by atoms with E-state index >= 15 is 0 Å². The van der Waals surface area contributed by atoms with E-state index < -0.39 is 11.8 Å². The van der Waals surface area contributed by atoms with E-state index in [1.54, 1.807) is 30.3 Å². The highest BCUT2D eigenvalue weighted by Crippen LogP contribution is 2.16. The predicted molar refractivity (Wildman–Crippen MR) is 88.0 cm³/mol. The summed E-state index contributed by atoms with van der Waals surface area (Å²) in [6, 6.07) is 13.5. The van der Waals surface area contributed by atoms with Gasteiger partial charge in [0.1, 0.15) is 11.6 Å². The molecule has 0 fully saturated rings. The number of hydrogen-bond donors (Lipinski definition) is 2. The number of carbonyl (C=O) groups is 2. The lowest BCUT2D eigenvalue weighted by molar-refractivity contribution is -0.139. The van der Waals surface area contributed by atoms with Crippen LogP contribution in [0, 0.1) is 5.82 Å². The number of rotatable bonds is 6. The van der Waals surface area contributed by atoms with E-state index in [0.29, 0.717) is 17.7 Å². The van der Waals surface area contributed by atoms with Gasteiger partial charge >= 0.3 is 11.8 Å². The Labute approximate surface area is 139 Å². The van der Waals surface area contributed by atoms with Gasteiger partial charge in [-0.3, -0.25) is 9.59 Å². The lowest BCUT2D eigenvalue weighted by Crippen LogP contribution is -2.40. The smallest absolute Gasteiger partial charge is 0.309 e. The number of benzene rings is 2. The Morgan fingerprint density at radius 1 is 0.958 bits per heavy atom. The summed E-state index contributed by atoms with van der Waals surface area (Å²) in [6.07, 6.45) is 0.318. The third-order valence-corrected chi connectivity index (χ3v) is 3.48. The average molecular weight is 330 g/mol. The first kappa shape index (κ1) is 17.5. The van der Waals surface area contributed by atoms with Gasteiger partial charge < -0.3 is 15.4 Å². The van der Waals surface area contributed by atoms with Gasteiger partial charge in [0, 0.05) is 18.7 Å². The highest BCUT2D eigenvalue weighted by Gasteiger charge is 2.13. The molecular formula is C18H19FN2O3. The molecule has 2 N–H and O–H groups in total. The number of para-hydroxylation sites is 1. The minimum absolute atomic E-state index is 0.182. The van der Waals surface area contributed by atoms with Crippen molar-refractivity contribution in [2.75, 3.05) is 13.7 Å². The largest absolute Gasteiger partial charge is 0.496 e. The van der Waals surface area contributed by atoms with Crippen molar-refractivity contribution >= 4 is 11.8 Å². The van der Waals surface area contributed by atoms with Gasteiger partial charge in [-0.25, -0.2) is 4.39 Å². The van der Waals surface area contributed by atoms with Crippen molar-refractivity contribution in [2.24, 2.45) is 0 Å². The molecule has 0 spiro atoms. The maximum absolute atomic E-state index is 13.4. The Kier molecular flexibility index (Phi) is 6.31. The third-order valence-electron chi connectivity index (χ3n) is 3.48. The lowest BCUT2D eigenvalue weighted by Gasteiger charge is -2.10. The molecule has 126 valence electrons. The monoisotopic (exact) mass is 330 g/mol. The molecule has 24 heavy (non-hydrogen) atoms. The van der Waals surface area contributed by atoms with Gasteiger partial charge in [-0.05, 0) is 24.1 Å². The summed E-state index contributed by atoms with van der Waals surface area (Å²) in [5.74, 6) is -1.18. The molecule has 0 aliphatic heterocycles. The number of ether oxygens (including phenoxy) is 1. The molecule has 0 heterocycles. The number of amides is 2. The second kappa shape index (κ2) is 8.67. The summed E-state index contributed by atoms with van der Waals surface area (Å²) in [5, 5.41) is 5.00. The van der Waals surface area contributed by atoms with Crippen LogP contribution in [0.4, 0.5) is 4.39 Å². The molecule has 0 aromatic heterocycles. The van der Waals surface area contributed by atoms with Gasteiger partial charge in [0.15, 0.2) is 0 Å². The van der Waals surface area contributed by atoms with Crippen LogP contribution in [0.5, 0.6) is 5.75 Å². The molecule has 0 saturated carbocycles. The molecule has 0 saturated heterocycles. The van der Waals surface area contributed by atoms with Crippen molar-refractivity contribution in [3.8, 4) is 5.75 Å².